The Hall–Kier alpha value is -0.960. The Kier molecular flexibility index (Phi) is 3.95. The van der Waals surface area contributed by atoms with E-state index in [1.165, 1.54) is 18.2 Å². The van der Waals surface area contributed by atoms with Gasteiger partial charge in [0.15, 0.2) is 0 Å². The number of amides is 3. The van der Waals surface area contributed by atoms with Crippen molar-refractivity contribution >= 4 is 55.0 Å². The molecule has 10 heteroatoms. The molecule has 0 radical (unpaired) electrons. The van der Waals surface area contributed by atoms with Crippen LogP contribution in [-0.4, -0.2) is 31.2 Å². The first-order valence-corrected chi connectivity index (χ1v) is 8.33. The number of nitrogens with one attached hydrogen (secondary N) is 1. The maximum Gasteiger partial charge on any atom is 0.335 e. The third-order valence-corrected chi connectivity index (χ3v) is 6.00. The molecule has 19 heavy (non-hydrogen) atoms. The molecular weight excluding hydrogens is 335 g/mol. The number of nitrogens with zero attached hydrogens (tertiary/aromatic N) is 1. The van der Waals surface area contributed by atoms with Gasteiger partial charge in [0.2, 0.25) is 5.91 Å². The summed E-state index contributed by atoms with van der Waals surface area (Å²) in [5.74, 6) is -0.565. The molecule has 1 fully saturated rings. The molecule has 1 N–H and O–H groups in total. The summed E-state index contributed by atoms with van der Waals surface area (Å²) in [5.41, 5.74) is 0. The Labute approximate surface area is 122 Å². The molecule has 0 unspecified atom stereocenters. The normalized spacial score (nSPS) is 15.8. The van der Waals surface area contributed by atoms with Gasteiger partial charge in [-0.1, -0.05) is 23.2 Å². The van der Waals surface area contributed by atoms with Crippen LogP contribution in [0.5, 0.6) is 0 Å². The summed E-state index contributed by atoms with van der Waals surface area (Å²) in [6.45, 7) is -0.332. The number of halogens is 2. The van der Waals surface area contributed by atoms with Crippen LogP contribution in [0.2, 0.25) is 10.0 Å². The Morgan fingerprint density at radius 1 is 1.26 bits per heavy atom. The third kappa shape index (κ3) is 3.14. The SMILES string of the molecule is O=C1CN(SS(=O)(=O)c2cc(Cl)ccc2Cl)C(=O)N1. The summed E-state index contributed by atoms with van der Waals surface area (Å²) in [7, 11) is -3.71. The number of benzene rings is 1. The van der Waals surface area contributed by atoms with Crippen molar-refractivity contribution in [3.8, 4) is 0 Å². The number of carbonyl (C=O) groups is 2. The summed E-state index contributed by atoms with van der Waals surface area (Å²) in [6.07, 6.45) is 0. The van der Waals surface area contributed by atoms with Crippen molar-refractivity contribution in [1.82, 2.24) is 9.62 Å². The molecule has 2 rings (SSSR count). The highest BCUT2D eigenvalue weighted by Crippen LogP contribution is 2.34. The van der Waals surface area contributed by atoms with Crippen molar-refractivity contribution in [2.24, 2.45) is 0 Å². The van der Waals surface area contributed by atoms with Crippen LogP contribution in [0.4, 0.5) is 4.79 Å². The molecule has 1 aliphatic rings. The molecule has 0 aromatic heterocycles. The molecule has 6 nitrogen and oxygen atoms in total. The standard InChI is InChI=1S/C9H6Cl2N2O4S2/c10-5-1-2-6(11)7(3-5)19(16,17)18-13-4-8(14)12-9(13)15/h1-3H,4H2,(H,12,14,15). The second kappa shape index (κ2) is 5.20. The van der Waals surface area contributed by atoms with Crippen molar-refractivity contribution < 1.29 is 18.0 Å². The average Bonchev–Trinajstić information content (AvgIpc) is 2.60. The Balaban J connectivity index is 2.30. The van der Waals surface area contributed by atoms with Crippen LogP contribution in [0.25, 0.3) is 0 Å². The average molecular weight is 341 g/mol. The summed E-state index contributed by atoms with van der Waals surface area (Å²) in [5, 5.41) is 2.16. The maximum absolute atomic E-state index is 12.1. The molecule has 1 saturated heterocycles. The Morgan fingerprint density at radius 3 is 2.53 bits per heavy atom. The number of urea groups is 1. The van der Waals surface area contributed by atoms with Gasteiger partial charge >= 0.3 is 6.03 Å². The molecule has 0 bridgehead atoms. The van der Waals surface area contributed by atoms with Crippen molar-refractivity contribution in [3.05, 3.63) is 28.2 Å². The van der Waals surface area contributed by atoms with Gasteiger partial charge in [0.25, 0.3) is 8.87 Å². The molecule has 1 aromatic rings. The van der Waals surface area contributed by atoms with E-state index in [4.69, 9.17) is 23.2 Å². The minimum absolute atomic E-state index is 0.0113. The van der Waals surface area contributed by atoms with Gasteiger partial charge in [-0.15, -0.1) is 0 Å². The van der Waals surface area contributed by atoms with Crippen molar-refractivity contribution in [2.45, 2.75) is 4.90 Å². The Morgan fingerprint density at radius 2 is 1.95 bits per heavy atom. The van der Waals surface area contributed by atoms with Gasteiger partial charge in [-0.25, -0.2) is 17.5 Å². The summed E-state index contributed by atoms with van der Waals surface area (Å²) in [6, 6.07) is 3.19. The van der Waals surface area contributed by atoms with E-state index in [0.29, 0.717) is 0 Å². The maximum atomic E-state index is 12.1. The van der Waals surface area contributed by atoms with E-state index < -0.39 is 20.8 Å². The van der Waals surface area contributed by atoms with Crippen molar-refractivity contribution in [3.63, 3.8) is 0 Å². The van der Waals surface area contributed by atoms with E-state index in [1.807, 2.05) is 5.32 Å². The summed E-state index contributed by atoms with van der Waals surface area (Å²) >= 11 is 11.5. The zero-order valence-electron chi connectivity index (χ0n) is 9.09. The van der Waals surface area contributed by atoms with Crippen molar-refractivity contribution in [2.75, 3.05) is 6.54 Å². The van der Waals surface area contributed by atoms with E-state index >= 15 is 0 Å². The number of hydrogen-bond acceptors (Lipinski definition) is 5. The Bertz CT molecular complexity index is 662. The first kappa shape index (κ1) is 14.4. The smallest absolute Gasteiger partial charge is 0.276 e. The third-order valence-electron chi connectivity index (χ3n) is 2.11. The van der Waals surface area contributed by atoms with Crippen LogP contribution in [0, 0.1) is 0 Å². The molecule has 3 amide bonds. The lowest BCUT2D eigenvalue weighted by Gasteiger charge is -2.12. The topological polar surface area (TPSA) is 83.6 Å². The molecule has 1 aliphatic heterocycles. The van der Waals surface area contributed by atoms with Crippen LogP contribution in [0.1, 0.15) is 0 Å². The quantitative estimate of drug-likeness (QED) is 0.516. The molecular formula is C9H6Cl2N2O4S2. The lowest BCUT2D eigenvalue weighted by atomic mass is 10.4. The predicted molar refractivity (Wildman–Crippen MR) is 71.5 cm³/mol. The van der Waals surface area contributed by atoms with E-state index in [9.17, 15) is 18.0 Å². The van der Waals surface area contributed by atoms with Crippen molar-refractivity contribution in [1.29, 1.82) is 0 Å². The van der Waals surface area contributed by atoms with Crippen LogP contribution in [-0.2, 0) is 13.7 Å². The van der Waals surface area contributed by atoms with Gasteiger partial charge < -0.3 is 0 Å². The number of rotatable bonds is 3. The molecule has 0 atom stereocenters. The van der Waals surface area contributed by atoms with Gasteiger partial charge in [-0.05, 0) is 18.2 Å². The molecule has 1 aromatic carbocycles. The van der Waals surface area contributed by atoms with Gasteiger partial charge in [0.05, 0.1) is 20.9 Å². The molecule has 0 saturated carbocycles. The van der Waals surface area contributed by atoms with Gasteiger partial charge in [0.1, 0.15) is 6.54 Å². The fourth-order valence-corrected chi connectivity index (χ4v) is 5.01. The van der Waals surface area contributed by atoms with E-state index in [-0.39, 0.29) is 32.5 Å². The van der Waals surface area contributed by atoms with E-state index in [0.717, 1.165) is 4.31 Å². The van der Waals surface area contributed by atoms with Crippen LogP contribution >= 0.6 is 34.2 Å². The van der Waals surface area contributed by atoms with E-state index in [1.54, 1.807) is 0 Å². The largest absolute Gasteiger partial charge is 0.335 e. The highest BCUT2D eigenvalue weighted by molar-refractivity contribution is 8.71. The summed E-state index contributed by atoms with van der Waals surface area (Å²) in [4.78, 5) is 22.1. The number of hydrogen-bond donors (Lipinski definition) is 1. The number of carbonyl (C=O) groups excluding carboxylic acids is 2. The monoisotopic (exact) mass is 340 g/mol. The molecule has 0 spiro atoms. The zero-order chi connectivity index (χ0) is 14.2. The molecule has 1 heterocycles. The van der Waals surface area contributed by atoms with Gasteiger partial charge in [-0.3, -0.25) is 10.1 Å². The second-order valence-electron chi connectivity index (χ2n) is 3.49. The van der Waals surface area contributed by atoms with Crippen LogP contribution in [0.3, 0.4) is 0 Å². The fraction of sp³-hybridized carbons (Fsp3) is 0.111. The minimum Gasteiger partial charge on any atom is -0.276 e. The first-order chi connectivity index (χ1) is 8.79. The van der Waals surface area contributed by atoms with E-state index in [2.05, 4.69) is 0 Å². The van der Waals surface area contributed by atoms with Gasteiger partial charge in [-0.2, -0.15) is 0 Å². The summed E-state index contributed by atoms with van der Waals surface area (Å²) < 4.78 is 25.0. The highest BCUT2D eigenvalue weighted by atomic mass is 35.5. The highest BCUT2D eigenvalue weighted by Gasteiger charge is 2.33. The molecule has 0 aliphatic carbocycles. The molecule has 102 valence electrons. The lowest BCUT2D eigenvalue weighted by Crippen LogP contribution is -2.24. The lowest BCUT2D eigenvalue weighted by molar-refractivity contribution is -0.118. The number of imide groups is 1. The second-order valence-corrected chi connectivity index (χ2v) is 8.04. The van der Waals surface area contributed by atoms with Crippen LogP contribution in [0.15, 0.2) is 23.1 Å². The first-order valence-electron chi connectivity index (χ1n) is 4.80. The zero-order valence-corrected chi connectivity index (χ0v) is 12.2. The minimum atomic E-state index is -3.94. The predicted octanol–water partition coefficient (Wildman–Crippen LogP) is 1.88. The fourth-order valence-electron chi connectivity index (χ4n) is 1.31. The van der Waals surface area contributed by atoms with Crippen LogP contribution < -0.4 is 5.32 Å². The van der Waals surface area contributed by atoms with Gasteiger partial charge in [0, 0.05) is 5.02 Å².